The zero-order valence-corrected chi connectivity index (χ0v) is 31.0. The molecule has 2 aliphatic heterocycles. The molecule has 2 atom stereocenters. The number of likely N-dealkylation sites (N-methyl/N-ethyl adjacent to an activating group) is 1. The van der Waals surface area contributed by atoms with Gasteiger partial charge < -0.3 is 19.1 Å². The molecule has 16 heteroatoms. The molecule has 2 unspecified atom stereocenters. The van der Waals surface area contributed by atoms with Crippen molar-refractivity contribution in [2.45, 2.75) is 61.3 Å². The van der Waals surface area contributed by atoms with E-state index in [4.69, 9.17) is 14.2 Å². The van der Waals surface area contributed by atoms with Gasteiger partial charge in [0.15, 0.2) is 4.90 Å². The quantitative estimate of drug-likeness (QED) is 0.135. The van der Waals surface area contributed by atoms with Gasteiger partial charge >= 0.3 is 6.18 Å². The van der Waals surface area contributed by atoms with Crippen LogP contribution in [0.5, 0.6) is 11.5 Å². The molecule has 0 spiro atoms. The van der Waals surface area contributed by atoms with Crippen molar-refractivity contribution in [3.05, 3.63) is 102 Å². The van der Waals surface area contributed by atoms with Crippen LogP contribution in [-0.2, 0) is 33.9 Å². The minimum atomic E-state index is -4.92. The number of methoxy groups -OCH3 is 2. The van der Waals surface area contributed by atoms with E-state index in [2.05, 4.69) is 14.9 Å². The molecule has 6 rings (SSSR count). The predicted molar refractivity (Wildman–Crippen MR) is 192 cm³/mol. The number of halogens is 5. The molecule has 0 aliphatic carbocycles. The standard InChI is InChI=1S/C38H42F5N5O5S/c1-46(29-12-17-53-23-29)37(14-10-26-6-4-7-28(18-26)38(41,42)43)13-5-16-47(24-37)30-19-32(39)36(33(40)20-30)54(49,50)48(35-11-15-44-25-45-35)22-27-8-9-31(51-2)21-34(27)52-3/h4,6-9,11,15,18-21,25,29H,5,10,12-14,16-17,22-24H2,1-3H3. The highest BCUT2D eigenvalue weighted by Crippen LogP contribution is 2.39. The lowest BCUT2D eigenvalue weighted by atomic mass is 9.80. The van der Waals surface area contributed by atoms with Crippen LogP contribution in [0.2, 0.25) is 0 Å². The Morgan fingerprint density at radius 1 is 1.04 bits per heavy atom. The van der Waals surface area contributed by atoms with E-state index in [1.165, 1.54) is 32.5 Å². The number of piperidine rings is 1. The lowest BCUT2D eigenvalue weighted by molar-refractivity contribution is -0.137. The summed E-state index contributed by atoms with van der Waals surface area (Å²) in [7, 11) is -0.0837. The smallest absolute Gasteiger partial charge is 0.416 e. The Kier molecular flexibility index (Phi) is 11.6. The molecule has 3 heterocycles. The SMILES string of the molecule is COc1ccc(CN(c2ccncn2)S(=O)(=O)c2c(F)cc(N3CCCC(CCc4cccc(C(F)(F)F)c4)(N(C)C4CCOC4)C3)cc2F)c(OC)c1. The van der Waals surface area contributed by atoms with Gasteiger partial charge in [-0.3, -0.25) is 4.90 Å². The van der Waals surface area contributed by atoms with Crippen LogP contribution >= 0.6 is 0 Å². The molecular formula is C38H42F5N5O5S. The first-order chi connectivity index (χ1) is 25.8. The first kappa shape index (κ1) is 39.2. The van der Waals surface area contributed by atoms with Crippen LogP contribution in [0.3, 0.4) is 0 Å². The lowest BCUT2D eigenvalue weighted by Crippen LogP contribution is -2.60. The number of anilines is 2. The summed E-state index contributed by atoms with van der Waals surface area (Å²) < 4.78 is 119. The first-order valence-corrected chi connectivity index (χ1v) is 18.9. The highest BCUT2D eigenvalue weighted by molar-refractivity contribution is 7.92. The Morgan fingerprint density at radius 3 is 2.46 bits per heavy atom. The van der Waals surface area contributed by atoms with Crippen LogP contribution in [-0.4, -0.2) is 82.4 Å². The summed E-state index contributed by atoms with van der Waals surface area (Å²) in [6, 6.07) is 13.4. The van der Waals surface area contributed by atoms with Gasteiger partial charge in [0.2, 0.25) is 0 Å². The van der Waals surface area contributed by atoms with Gasteiger partial charge in [0.25, 0.3) is 10.0 Å². The lowest BCUT2D eigenvalue weighted by Gasteiger charge is -2.51. The highest BCUT2D eigenvalue weighted by Gasteiger charge is 2.43. The van der Waals surface area contributed by atoms with Crippen molar-refractivity contribution in [1.29, 1.82) is 0 Å². The molecule has 2 saturated heterocycles. The van der Waals surface area contributed by atoms with Crippen LogP contribution in [0, 0.1) is 11.6 Å². The van der Waals surface area contributed by atoms with Crippen molar-refractivity contribution in [2.24, 2.45) is 0 Å². The zero-order chi connectivity index (χ0) is 38.7. The molecule has 2 fully saturated rings. The maximum absolute atomic E-state index is 16.3. The number of hydrogen-bond acceptors (Lipinski definition) is 9. The summed E-state index contributed by atoms with van der Waals surface area (Å²) in [5, 5.41) is 0. The number of alkyl halides is 3. The Hall–Kier alpha value is -4.54. The van der Waals surface area contributed by atoms with Crippen LogP contribution in [0.15, 0.2) is 78.1 Å². The van der Waals surface area contributed by atoms with Crippen molar-refractivity contribution in [2.75, 3.05) is 56.8 Å². The molecule has 0 radical (unpaired) electrons. The van der Waals surface area contributed by atoms with Crippen molar-refractivity contribution < 1.29 is 44.6 Å². The second kappa shape index (κ2) is 16.1. The predicted octanol–water partition coefficient (Wildman–Crippen LogP) is 6.88. The van der Waals surface area contributed by atoms with Crippen molar-refractivity contribution >= 4 is 21.5 Å². The Labute approximate surface area is 311 Å². The molecule has 1 aromatic heterocycles. The van der Waals surface area contributed by atoms with Gasteiger partial charge in [-0.25, -0.2) is 31.5 Å². The van der Waals surface area contributed by atoms with Crippen LogP contribution < -0.4 is 18.7 Å². The number of benzene rings is 3. The van der Waals surface area contributed by atoms with E-state index in [0.717, 1.165) is 41.3 Å². The van der Waals surface area contributed by atoms with E-state index < -0.39 is 43.8 Å². The van der Waals surface area contributed by atoms with E-state index in [0.29, 0.717) is 68.9 Å². The number of rotatable bonds is 13. The average Bonchev–Trinajstić information content (AvgIpc) is 3.71. The third kappa shape index (κ3) is 8.25. The monoisotopic (exact) mass is 775 g/mol. The second-order valence-electron chi connectivity index (χ2n) is 13.6. The minimum Gasteiger partial charge on any atom is -0.497 e. The summed E-state index contributed by atoms with van der Waals surface area (Å²) in [6.07, 6.45) is 0.855. The molecule has 0 bridgehead atoms. The third-order valence-electron chi connectivity index (χ3n) is 10.4. The van der Waals surface area contributed by atoms with Crippen molar-refractivity contribution in [1.82, 2.24) is 14.9 Å². The number of ether oxygens (including phenoxy) is 3. The number of sulfonamides is 1. The van der Waals surface area contributed by atoms with Gasteiger partial charge in [-0.2, -0.15) is 13.2 Å². The minimum absolute atomic E-state index is 0.0459. The van der Waals surface area contributed by atoms with Gasteiger partial charge in [0.05, 0.1) is 32.9 Å². The van der Waals surface area contributed by atoms with Crippen LogP contribution in [0.1, 0.15) is 42.4 Å². The molecule has 290 valence electrons. The fourth-order valence-corrected chi connectivity index (χ4v) is 8.93. The van der Waals surface area contributed by atoms with Gasteiger partial charge in [-0.05, 0) is 75.0 Å². The summed E-state index contributed by atoms with van der Waals surface area (Å²) in [6.45, 7) is 1.41. The van der Waals surface area contributed by atoms with Crippen molar-refractivity contribution in [3.8, 4) is 11.5 Å². The molecule has 3 aromatic carbocycles. The van der Waals surface area contributed by atoms with Gasteiger partial charge in [-0.1, -0.05) is 18.2 Å². The van der Waals surface area contributed by atoms with Crippen LogP contribution in [0.4, 0.5) is 33.5 Å². The normalized spacial score (nSPS) is 19.3. The highest BCUT2D eigenvalue weighted by atomic mass is 32.2. The summed E-state index contributed by atoms with van der Waals surface area (Å²) >= 11 is 0. The van der Waals surface area contributed by atoms with Crippen molar-refractivity contribution in [3.63, 3.8) is 0 Å². The topological polar surface area (TPSA) is 97.3 Å². The van der Waals surface area contributed by atoms with Crippen LogP contribution in [0.25, 0.3) is 0 Å². The van der Waals surface area contributed by atoms with Gasteiger partial charge in [0, 0.05) is 60.9 Å². The molecule has 10 nitrogen and oxygen atoms in total. The summed E-state index contributed by atoms with van der Waals surface area (Å²) in [5.41, 5.74) is -0.258. The molecular weight excluding hydrogens is 734 g/mol. The van der Waals surface area contributed by atoms with E-state index >= 15 is 8.78 Å². The third-order valence-corrected chi connectivity index (χ3v) is 12.2. The molecule has 0 amide bonds. The van der Waals surface area contributed by atoms with E-state index in [9.17, 15) is 21.6 Å². The second-order valence-corrected chi connectivity index (χ2v) is 15.4. The Bertz CT molecular complexity index is 2010. The van der Waals surface area contributed by atoms with Gasteiger partial charge in [0.1, 0.15) is 35.3 Å². The molecule has 2 aliphatic rings. The number of nitrogens with zero attached hydrogens (tertiary/aromatic N) is 5. The van der Waals surface area contributed by atoms with E-state index in [1.54, 1.807) is 24.3 Å². The number of aromatic nitrogens is 2. The number of aryl methyl sites for hydroxylation is 1. The maximum Gasteiger partial charge on any atom is 0.416 e. The van der Waals surface area contributed by atoms with E-state index in [1.807, 2.05) is 11.9 Å². The zero-order valence-electron chi connectivity index (χ0n) is 30.2. The van der Waals surface area contributed by atoms with Gasteiger partial charge in [-0.15, -0.1) is 0 Å². The summed E-state index contributed by atoms with van der Waals surface area (Å²) in [5.74, 6) is -1.95. The molecule has 54 heavy (non-hydrogen) atoms. The average molecular weight is 776 g/mol. The summed E-state index contributed by atoms with van der Waals surface area (Å²) in [4.78, 5) is 10.8. The first-order valence-electron chi connectivity index (χ1n) is 17.5. The fourth-order valence-electron chi connectivity index (χ4n) is 7.44. The largest absolute Gasteiger partial charge is 0.497 e. The molecule has 4 aromatic rings. The molecule has 0 N–H and O–H groups in total. The maximum atomic E-state index is 16.3. The number of hydrogen-bond donors (Lipinski definition) is 0. The fraction of sp³-hybridized carbons (Fsp3) is 0.421. The Balaban J connectivity index is 1.32. The van der Waals surface area contributed by atoms with E-state index in [-0.39, 0.29) is 29.8 Å². The molecule has 0 saturated carbocycles. The Morgan fingerprint density at radius 2 is 1.81 bits per heavy atom.